The lowest BCUT2D eigenvalue weighted by atomic mass is 9.93. The first-order chi connectivity index (χ1) is 30.7. The molecule has 0 saturated carbocycles. The summed E-state index contributed by atoms with van der Waals surface area (Å²) in [4.78, 5) is 2.37. The molecule has 62 heavy (non-hydrogen) atoms. The first kappa shape index (κ1) is 36.8. The summed E-state index contributed by atoms with van der Waals surface area (Å²) >= 11 is 0. The molecule has 11 aromatic rings. The lowest BCUT2D eigenvalue weighted by molar-refractivity contribution is 0.632. The van der Waals surface area contributed by atoms with Crippen LogP contribution >= 0.6 is 0 Å². The Morgan fingerprint density at radius 1 is 0.274 bits per heavy atom. The highest BCUT2D eigenvalue weighted by Crippen LogP contribution is 2.43. The Morgan fingerprint density at radius 3 is 1.45 bits per heavy atom. The number of anilines is 3. The van der Waals surface area contributed by atoms with Gasteiger partial charge >= 0.3 is 0 Å². The van der Waals surface area contributed by atoms with Crippen molar-refractivity contribution in [3.8, 4) is 67.0 Å². The minimum atomic E-state index is 0.858. The molecule has 0 aliphatic heterocycles. The molecule has 1 aromatic heterocycles. The van der Waals surface area contributed by atoms with Crippen molar-refractivity contribution in [2.75, 3.05) is 4.90 Å². The standard InChI is InChI=1S/C60H41NO/c1-3-14-45(15-4-1)55-39-34-49(40-57(55)60-41-50-19-8-12-25-59(50)62-60)44-32-37-52(38-33-44)61(58-24-11-10-22-56(58)47-16-5-2-6-17-47)51-35-30-43(31-36-51)42-26-28-48(29-27-42)54-23-13-20-46-18-7-9-21-53(46)54/h1-41H. The third kappa shape index (κ3) is 7.04. The van der Waals surface area contributed by atoms with Crippen LogP contribution in [-0.2, 0) is 0 Å². The van der Waals surface area contributed by atoms with Gasteiger partial charge in [-0.2, -0.15) is 0 Å². The van der Waals surface area contributed by atoms with E-state index in [4.69, 9.17) is 4.42 Å². The normalized spacial score (nSPS) is 11.2. The van der Waals surface area contributed by atoms with Gasteiger partial charge in [0.1, 0.15) is 11.3 Å². The van der Waals surface area contributed by atoms with Crippen molar-refractivity contribution in [3.05, 3.63) is 249 Å². The van der Waals surface area contributed by atoms with E-state index < -0.39 is 0 Å². The van der Waals surface area contributed by atoms with Crippen LogP contribution < -0.4 is 4.90 Å². The van der Waals surface area contributed by atoms with Gasteiger partial charge < -0.3 is 9.32 Å². The molecule has 0 fully saturated rings. The average Bonchev–Trinajstić information content (AvgIpc) is 3.80. The van der Waals surface area contributed by atoms with Crippen molar-refractivity contribution >= 4 is 38.8 Å². The lowest BCUT2D eigenvalue weighted by Crippen LogP contribution is -2.11. The van der Waals surface area contributed by atoms with Gasteiger partial charge in [-0.25, -0.2) is 0 Å². The summed E-state index contributed by atoms with van der Waals surface area (Å²) in [6.07, 6.45) is 0. The maximum atomic E-state index is 6.47. The van der Waals surface area contributed by atoms with Gasteiger partial charge in [0.25, 0.3) is 0 Å². The molecule has 11 rings (SSSR count). The molecule has 2 heteroatoms. The number of nitrogens with zero attached hydrogens (tertiary/aromatic N) is 1. The Bertz CT molecular complexity index is 3270. The molecule has 0 N–H and O–H groups in total. The van der Waals surface area contributed by atoms with E-state index >= 15 is 0 Å². The molecule has 0 aliphatic carbocycles. The van der Waals surface area contributed by atoms with E-state index in [0.29, 0.717) is 0 Å². The summed E-state index contributed by atoms with van der Waals surface area (Å²) in [6.45, 7) is 0. The Balaban J connectivity index is 0.963. The van der Waals surface area contributed by atoms with Crippen molar-refractivity contribution < 1.29 is 4.42 Å². The molecule has 10 aromatic carbocycles. The van der Waals surface area contributed by atoms with E-state index in [1.807, 2.05) is 12.1 Å². The van der Waals surface area contributed by atoms with Gasteiger partial charge in [0, 0.05) is 27.9 Å². The Hall–Kier alpha value is -8.20. The Kier molecular flexibility index (Phi) is 9.57. The predicted molar refractivity (Wildman–Crippen MR) is 261 cm³/mol. The summed E-state index contributed by atoms with van der Waals surface area (Å²) < 4.78 is 6.47. The van der Waals surface area contributed by atoms with Crippen molar-refractivity contribution in [3.63, 3.8) is 0 Å². The molecular formula is C60H41NO. The highest BCUT2D eigenvalue weighted by molar-refractivity contribution is 5.97. The number of hydrogen-bond acceptors (Lipinski definition) is 2. The molecule has 0 radical (unpaired) electrons. The van der Waals surface area contributed by atoms with Crippen molar-refractivity contribution in [2.45, 2.75) is 0 Å². The van der Waals surface area contributed by atoms with Crippen LogP contribution in [-0.4, -0.2) is 0 Å². The number of furan rings is 1. The fourth-order valence-electron chi connectivity index (χ4n) is 8.79. The molecule has 0 spiro atoms. The molecule has 292 valence electrons. The van der Waals surface area contributed by atoms with Crippen molar-refractivity contribution in [1.82, 2.24) is 0 Å². The van der Waals surface area contributed by atoms with Crippen molar-refractivity contribution in [1.29, 1.82) is 0 Å². The number of hydrogen-bond donors (Lipinski definition) is 0. The van der Waals surface area contributed by atoms with Gasteiger partial charge in [0.15, 0.2) is 0 Å². The van der Waals surface area contributed by atoms with Crippen LogP contribution in [0.2, 0.25) is 0 Å². The predicted octanol–water partition coefficient (Wildman–Crippen LogP) is 17.1. The summed E-state index contributed by atoms with van der Waals surface area (Å²) in [5.41, 5.74) is 16.9. The van der Waals surface area contributed by atoms with Crippen LogP contribution in [0.25, 0.3) is 88.7 Å². The summed E-state index contributed by atoms with van der Waals surface area (Å²) in [7, 11) is 0. The second kappa shape index (κ2) is 16.1. The zero-order valence-electron chi connectivity index (χ0n) is 34.0. The van der Waals surface area contributed by atoms with Crippen LogP contribution in [0.1, 0.15) is 0 Å². The van der Waals surface area contributed by atoms with E-state index in [9.17, 15) is 0 Å². The highest BCUT2D eigenvalue weighted by atomic mass is 16.3. The summed E-state index contributed by atoms with van der Waals surface area (Å²) in [5, 5.41) is 3.61. The van der Waals surface area contributed by atoms with Crippen LogP contribution in [0.3, 0.4) is 0 Å². The minimum absolute atomic E-state index is 0.858. The van der Waals surface area contributed by atoms with Gasteiger partial charge in [-0.05, 0) is 109 Å². The Morgan fingerprint density at radius 2 is 0.758 bits per heavy atom. The van der Waals surface area contributed by atoms with E-state index in [-0.39, 0.29) is 0 Å². The zero-order chi connectivity index (χ0) is 41.2. The van der Waals surface area contributed by atoms with Crippen LogP contribution in [0.5, 0.6) is 0 Å². The first-order valence-electron chi connectivity index (χ1n) is 21.2. The van der Waals surface area contributed by atoms with Gasteiger partial charge in [-0.15, -0.1) is 0 Å². The molecule has 2 nitrogen and oxygen atoms in total. The smallest absolute Gasteiger partial charge is 0.136 e. The summed E-state index contributed by atoms with van der Waals surface area (Å²) in [6, 6.07) is 88.9. The Labute approximate surface area is 362 Å². The molecule has 0 saturated heterocycles. The monoisotopic (exact) mass is 791 g/mol. The topological polar surface area (TPSA) is 16.4 Å². The van der Waals surface area contributed by atoms with Crippen LogP contribution in [0.15, 0.2) is 253 Å². The third-order valence-corrected chi connectivity index (χ3v) is 11.9. The van der Waals surface area contributed by atoms with Crippen LogP contribution in [0.4, 0.5) is 17.1 Å². The first-order valence-corrected chi connectivity index (χ1v) is 21.2. The summed E-state index contributed by atoms with van der Waals surface area (Å²) in [5.74, 6) is 0.858. The zero-order valence-corrected chi connectivity index (χ0v) is 34.0. The second-order valence-electron chi connectivity index (χ2n) is 15.7. The van der Waals surface area contributed by atoms with E-state index in [1.165, 1.54) is 38.6 Å². The molecule has 0 aliphatic rings. The van der Waals surface area contributed by atoms with E-state index in [2.05, 4.69) is 241 Å². The maximum absolute atomic E-state index is 6.47. The second-order valence-corrected chi connectivity index (χ2v) is 15.7. The largest absolute Gasteiger partial charge is 0.456 e. The lowest BCUT2D eigenvalue weighted by Gasteiger charge is -2.28. The molecule has 0 atom stereocenters. The van der Waals surface area contributed by atoms with Crippen LogP contribution in [0, 0.1) is 0 Å². The maximum Gasteiger partial charge on any atom is 0.136 e. The number of rotatable bonds is 9. The van der Waals surface area contributed by atoms with Gasteiger partial charge in [-0.1, -0.05) is 200 Å². The van der Waals surface area contributed by atoms with E-state index in [0.717, 1.165) is 67.2 Å². The average molecular weight is 792 g/mol. The number of para-hydroxylation sites is 2. The molecular weight excluding hydrogens is 751 g/mol. The third-order valence-electron chi connectivity index (χ3n) is 11.9. The minimum Gasteiger partial charge on any atom is -0.456 e. The van der Waals surface area contributed by atoms with E-state index in [1.54, 1.807) is 0 Å². The quantitative estimate of drug-likeness (QED) is 0.145. The van der Waals surface area contributed by atoms with Gasteiger partial charge in [0.2, 0.25) is 0 Å². The molecule has 0 bridgehead atoms. The van der Waals surface area contributed by atoms with Crippen molar-refractivity contribution in [2.24, 2.45) is 0 Å². The fourth-order valence-corrected chi connectivity index (χ4v) is 8.79. The van der Waals surface area contributed by atoms with Gasteiger partial charge in [0.05, 0.1) is 5.69 Å². The molecule has 1 heterocycles. The van der Waals surface area contributed by atoms with Gasteiger partial charge in [-0.3, -0.25) is 0 Å². The SMILES string of the molecule is c1ccc(-c2ccc(-c3ccc(N(c4ccc(-c5ccc(-c6cccc7ccccc67)cc5)cc4)c4ccccc4-c4ccccc4)cc3)cc2-c2cc3ccccc3o2)cc1. The highest BCUT2D eigenvalue weighted by Gasteiger charge is 2.19. The fraction of sp³-hybridized carbons (Fsp3) is 0. The number of fused-ring (bicyclic) bond motifs is 2. The molecule has 0 amide bonds. The molecule has 0 unspecified atom stereocenters. The number of benzene rings is 10.